The number of benzene rings is 3. The van der Waals surface area contributed by atoms with Gasteiger partial charge in [-0.15, -0.1) is 0 Å². The summed E-state index contributed by atoms with van der Waals surface area (Å²) in [6.45, 7) is 0. The van der Waals surface area contributed by atoms with Gasteiger partial charge in [0.05, 0.1) is 10.5 Å². The lowest BCUT2D eigenvalue weighted by atomic mass is 10.2. The van der Waals surface area contributed by atoms with Gasteiger partial charge in [0, 0.05) is 32.1 Å². The van der Waals surface area contributed by atoms with Crippen molar-refractivity contribution in [3.8, 4) is 0 Å². The second kappa shape index (κ2) is 8.16. The van der Waals surface area contributed by atoms with Crippen LogP contribution in [0.3, 0.4) is 0 Å². The molecule has 3 aromatic carbocycles. The minimum atomic E-state index is -0.436. The van der Waals surface area contributed by atoms with E-state index in [-0.39, 0.29) is 11.6 Å². The maximum Gasteiger partial charge on any atom is 0.269 e. The van der Waals surface area contributed by atoms with Crippen LogP contribution in [0.2, 0.25) is 0 Å². The molecule has 26 heavy (non-hydrogen) atoms. The molecule has 0 aliphatic carbocycles. The highest BCUT2D eigenvalue weighted by atomic mass is 79.9. The number of amides is 1. The van der Waals surface area contributed by atoms with Crippen LogP contribution >= 0.6 is 27.7 Å². The predicted molar refractivity (Wildman–Crippen MR) is 106 cm³/mol. The number of carbonyl (C=O) groups is 1. The summed E-state index contributed by atoms with van der Waals surface area (Å²) in [7, 11) is 0. The summed E-state index contributed by atoms with van der Waals surface area (Å²) in [4.78, 5) is 24.5. The number of nitrogens with zero attached hydrogens (tertiary/aromatic N) is 1. The lowest BCUT2D eigenvalue weighted by molar-refractivity contribution is -0.384. The van der Waals surface area contributed by atoms with Crippen molar-refractivity contribution in [1.29, 1.82) is 0 Å². The van der Waals surface area contributed by atoms with Crippen LogP contribution in [0.4, 0.5) is 11.4 Å². The number of nitro benzene ring substituents is 1. The molecule has 5 nitrogen and oxygen atoms in total. The van der Waals surface area contributed by atoms with Crippen molar-refractivity contribution in [3.63, 3.8) is 0 Å². The van der Waals surface area contributed by atoms with Gasteiger partial charge in [-0.2, -0.15) is 0 Å². The van der Waals surface area contributed by atoms with Gasteiger partial charge in [0.1, 0.15) is 0 Å². The van der Waals surface area contributed by atoms with Crippen molar-refractivity contribution >= 4 is 45.0 Å². The Morgan fingerprint density at radius 1 is 0.962 bits per heavy atom. The number of anilines is 1. The first-order valence-corrected chi connectivity index (χ1v) is 9.22. The van der Waals surface area contributed by atoms with E-state index in [9.17, 15) is 14.9 Å². The molecule has 0 aliphatic rings. The van der Waals surface area contributed by atoms with Crippen LogP contribution in [0.1, 0.15) is 10.4 Å². The monoisotopic (exact) mass is 428 g/mol. The number of carbonyl (C=O) groups excluding carboxylic acids is 1. The van der Waals surface area contributed by atoms with Crippen molar-refractivity contribution in [3.05, 3.63) is 92.9 Å². The Morgan fingerprint density at radius 2 is 1.62 bits per heavy atom. The Morgan fingerprint density at radius 3 is 2.27 bits per heavy atom. The lowest BCUT2D eigenvalue weighted by Gasteiger charge is -2.10. The van der Waals surface area contributed by atoms with Crippen LogP contribution < -0.4 is 5.32 Å². The molecular weight excluding hydrogens is 416 g/mol. The highest BCUT2D eigenvalue weighted by Crippen LogP contribution is 2.32. The van der Waals surface area contributed by atoms with Crippen LogP contribution in [0.15, 0.2) is 87.1 Å². The Bertz CT molecular complexity index is 944. The zero-order chi connectivity index (χ0) is 18.5. The Kier molecular flexibility index (Phi) is 5.70. The number of hydrogen-bond donors (Lipinski definition) is 1. The second-order valence-electron chi connectivity index (χ2n) is 5.31. The van der Waals surface area contributed by atoms with E-state index < -0.39 is 4.92 Å². The Hall–Kier alpha value is -2.64. The first kappa shape index (κ1) is 18.2. The molecular formula is C19H13BrN2O3S. The quantitative estimate of drug-likeness (QED) is 0.414. The fraction of sp³-hybridized carbons (Fsp3) is 0. The third-order valence-corrected chi connectivity index (χ3v) is 5.12. The van der Waals surface area contributed by atoms with Crippen molar-refractivity contribution in [2.75, 3.05) is 5.32 Å². The zero-order valence-electron chi connectivity index (χ0n) is 13.4. The van der Waals surface area contributed by atoms with E-state index >= 15 is 0 Å². The van der Waals surface area contributed by atoms with Crippen molar-refractivity contribution in [2.24, 2.45) is 0 Å². The van der Waals surface area contributed by atoms with Gasteiger partial charge in [-0.25, -0.2) is 0 Å². The first-order valence-electron chi connectivity index (χ1n) is 7.61. The Balaban J connectivity index is 1.80. The maximum atomic E-state index is 12.6. The van der Waals surface area contributed by atoms with E-state index in [4.69, 9.17) is 0 Å². The molecule has 0 unspecified atom stereocenters. The van der Waals surface area contributed by atoms with Gasteiger partial charge >= 0.3 is 0 Å². The van der Waals surface area contributed by atoms with Crippen LogP contribution in [-0.4, -0.2) is 10.8 Å². The molecule has 1 amide bonds. The average molecular weight is 429 g/mol. The molecule has 0 atom stereocenters. The summed E-state index contributed by atoms with van der Waals surface area (Å²) in [5.41, 5.74) is 1.28. The first-order chi connectivity index (χ1) is 12.5. The van der Waals surface area contributed by atoms with E-state index in [0.29, 0.717) is 11.3 Å². The Labute approximate surface area is 162 Å². The van der Waals surface area contributed by atoms with Crippen molar-refractivity contribution in [1.82, 2.24) is 0 Å². The minimum Gasteiger partial charge on any atom is -0.322 e. The molecule has 3 aromatic rings. The predicted octanol–water partition coefficient (Wildman–Crippen LogP) is 5.76. The van der Waals surface area contributed by atoms with E-state index in [1.165, 1.54) is 23.9 Å². The van der Waals surface area contributed by atoms with Gasteiger partial charge in [0.2, 0.25) is 0 Å². The number of nitrogens with one attached hydrogen (secondary N) is 1. The smallest absolute Gasteiger partial charge is 0.269 e. The number of non-ortho nitro benzene ring substituents is 1. The van der Waals surface area contributed by atoms with Gasteiger partial charge in [0.15, 0.2) is 0 Å². The largest absolute Gasteiger partial charge is 0.322 e. The lowest BCUT2D eigenvalue weighted by Crippen LogP contribution is -2.12. The molecule has 1 N–H and O–H groups in total. The molecule has 0 spiro atoms. The van der Waals surface area contributed by atoms with E-state index in [0.717, 1.165) is 14.3 Å². The highest BCUT2D eigenvalue weighted by Gasteiger charge is 2.13. The summed E-state index contributed by atoms with van der Waals surface area (Å²) in [5, 5.41) is 13.6. The van der Waals surface area contributed by atoms with E-state index in [2.05, 4.69) is 21.2 Å². The number of nitro groups is 1. The molecule has 0 bridgehead atoms. The average Bonchev–Trinajstić information content (AvgIpc) is 2.64. The molecule has 130 valence electrons. The molecule has 0 heterocycles. The number of halogens is 1. The van der Waals surface area contributed by atoms with Gasteiger partial charge in [-0.1, -0.05) is 39.8 Å². The van der Waals surface area contributed by atoms with Crippen LogP contribution in [0, 0.1) is 10.1 Å². The molecule has 0 fully saturated rings. The highest BCUT2D eigenvalue weighted by molar-refractivity contribution is 9.10. The molecule has 7 heteroatoms. The summed E-state index contributed by atoms with van der Waals surface area (Å²) in [5.74, 6) is -0.211. The summed E-state index contributed by atoms with van der Waals surface area (Å²) >= 11 is 4.75. The molecule has 0 saturated heterocycles. The SMILES string of the molecule is O=C(Nc1ccc(Br)cc1)c1ccccc1Sc1ccc([N+](=O)[O-])cc1. The van der Waals surface area contributed by atoms with E-state index in [1.807, 2.05) is 36.4 Å². The van der Waals surface area contributed by atoms with E-state index in [1.54, 1.807) is 24.3 Å². The second-order valence-corrected chi connectivity index (χ2v) is 7.34. The van der Waals surface area contributed by atoms with Gasteiger partial charge < -0.3 is 5.32 Å². The maximum absolute atomic E-state index is 12.6. The number of rotatable bonds is 5. The fourth-order valence-corrected chi connectivity index (χ4v) is 3.45. The molecule has 0 saturated carbocycles. The normalized spacial score (nSPS) is 10.3. The molecule has 0 aliphatic heterocycles. The fourth-order valence-electron chi connectivity index (χ4n) is 2.24. The minimum absolute atomic E-state index is 0.0376. The zero-order valence-corrected chi connectivity index (χ0v) is 15.8. The number of hydrogen-bond acceptors (Lipinski definition) is 4. The van der Waals surface area contributed by atoms with Crippen LogP contribution in [0.25, 0.3) is 0 Å². The summed E-state index contributed by atoms with van der Waals surface area (Å²) in [6, 6.07) is 20.8. The standard InChI is InChI=1S/C19H13BrN2O3S/c20-13-5-7-14(8-6-13)21-19(23)17-3-1-2-4-18(17)26-16-11-9-15(10-12-16)22(24)25/h1-12H,(H,21,23). The third-order valence-electron chi connectivity index (χ3n) is 3.51. The molecule has 0 radical (unpaired) electrons. The van der Waals surface area contributed by atoms with Crippen LogP contribution in [-0.2, 0) is 0 Å². The van der Waals surface area contributed by atoms with Gasteiger partial charge in [-0.3, -0.25) is 14.9 Å². The molecule has 0 aromatic heterocycles. The summed E-state index contributed by atoms with van der Waals surface area (Å²) < 4.78 is 0.935. The van der Waals surface area contributed by atoms with Gasteiger partial charge in [0.25, 0.3) is 11.6 Å². The van der Waals surface area contributed by atoms with Crippen molar-refractivity contribution in [2.45, 2.75) is 9.79 Å². The summed E-state index contributed by atoms with van der Waals surface area (Å²) in [6.07, 6.45) is 0. The van der Waals surface area contributed by atoms with Gasteiger partial charge in [-0.05, 0) is 48.5 Å². The topological polar surface area (TPSA) is 72.2 Å². The molecule has 3 rings (SSSR count). The van der Waals surface area contributed by atoms with Crippen molar-refractivity contribution < 1.29 is 9.72 Å². The van der Waals surface area contributed by atoms with Crippen LogP contribution in [0.5, 0.6) is 0 Å². The third kappa shape index (κ3) is 4.50.